The van der Waals surface area contributed by atoms with Crippen molar-refractivity contribution >= 4 is 23.3 Å². The zero-order chi connectivity index (χ0) is 43.4. The van der Waals surface area contributed by atoms with Gasteiger partial charge >= 0.3 is 0 Å². The van der Waals surface area contributed by atoms with Crippen LogP contribution in [0.2, 0.25) is 0 Å². The van der Waals surface area contributed by atoms with E-state index in [1.165, 1.54) is 89.0 Å². The SMILES string of the molecule is C=C(c1ccccc1C)C1(c2ccccc2CC)c2ccccc2-c2ccc(/C=C3\C(=C/CC\C=C/C=C\C=C\N)c4ccccc4C34C(/C=C\C=C/C)=Cc3ccccc34)cc21. The standard InChI is InChI=1S/C62H55N/c1-5-7-13-29-49-43-48-28-17-22-35-56(48)62(49)58-37-24-20-32-51(58)53(31-14-11-9-8-10-12-25-40-63)60(62)42-46-38-39-54-52-33-19-23-36-57(52)61(59(54)41-46,55-34-21-16-27-47(55)6-2)45(4)50-30-18-15-26-44(50)3/h5,7-10,12-13,15-43H,4,6,11,14,63H2,1-3H3/b7-5-,9-8-,12-10-,29-13-,40-25+,53-31-,60-42+. The molecule has 0 saturated heterocycles. The van der Waals surface area contributed by atoms with Gasteiger partial charge in [-0.05, 0) is 158 Å². The summed E-state index contributed by atoms with van der Waals surface area (Å²) in [5, 5.41) is 0. The molecule has 0 aliphatic heterocycles. The lowest BCUT2D eigenvalue weighted by molar-refractivity contribution is 0.791. The molecule has 0 aromatic heterocycles. The Morgan fingerprint density at radius 1 is 0.635 bits per heavy atom. The van der Waals surface area contributed by atoms with E-state index in [9.17, 15) is 0 Å². The van der Waals surface area contributed by atoms with E-state index in [0.717, 1.165) is 24.8 Å². The van der Waals surface area contributed by atoms with Crippen LogP contribution in [-0.2, 0) is 17.3 Å². The Labute approximate surface area is 374 Å². The fourth-order valence-corrected chi connectivity index (χ4v) is 10.7. The van der Waals surface area contributed by atoms with Gasteiger partial charge < -0.3 is 5.73 Å². The summed E-state index contributed by atoms with van der Waals surface area (Å²) in [6.07, 6.45) is 30.6. The van der Waals surface area contributed by atoms with Gasteiger partial charge in [0.1, 0.15) is 0 Å². The number of nitrogens with two attached hydrogens (primary N) is 1. The van der Waals surface area contributed by atoms with Gasteiger partial charge in [0.15, 0.2) is 0 Å². The summed E-state index contributed by atoms with van der Waals surface area (Å²) in [6, 6.07) is 52.2. The van der Waals surface area contributed by atoms with Gasteiger partial charge in [-0.1, -0.05) is 202 Å². The van der Waals surface area contributed by atoms with Gasteiger partial charge in [-0.2, -0.15) is 0 Å². The van der Waals surface area contributed by atoms with E-state index in [0.29, 0.717) is 0 Å². The normalized spacial score (nSPS) is 20.0. The molecule has 63 heavy (non-hydrogen) atoms. The first-order chi connectivity index (χ1) is 31.0. The van der Waals surface area contributed by atoms with Crippen molar-refractivity contribution in [1.29, 1.82) is 0 Å². The Kier molecular flexibility index (Phi) is 11.5. The van der Waals surface area contributed by atoms with Crippen LogP contribution in [0.3, 0.4) is 0 Å². The zero-order valence-electron chi connectivity index (χ0n) is 36.7. The van der Waals surface area contributed by atoms with Crippen molar-refractivity contribution in [1.82, 2.24) is 0 Å². The Morgan fingerprint density at radius 2 is 1.32 bits per heavy atom. The van der Waals surface area contributed by atoms with Crippen LogP contribution in [0.15, 0.2) is 224 Å². The molecule has 0 amide bonds. The van der Waals surface area contributed by atoms with Gasteiger partial charge in [0.05, 0.1) is 10.8 Å². The van der Waals surface area contributed by atoms with Gasteiger partial charge in [0, 0.05) is 0 Å². The van der Waals surface area contributed by atoms with Crippen LogP contribution in [0.25, 0.3) is 34.4 Å². The van der Waals surface area contributed by atoms with Crippen molar-refractivity contribution in [3.8, 4) is 11.1 Å². The Hall–Kier alpha value is -7.22. The van der Waals surface area contributed by atoms with Crippen LogP contribution >= 0.6 is 0 Å². The van der Waals surface area contributed by atoms with Crippen molar-refractivity contribution in [3.63, 3.8) is 0 Å². The highest BCUT2D eigenvalue weighted by atomic mass is 14.5. The Bertz CT molecular complexity index is 2990. The average molecular weight is 814 g/mol. The highest BCUT2D eigenvalue weighted by Gasteiger charge is 2.52. The fraction of sp³-hybridized carbons (Fsp3) is 0.129. The van der Waals surface area contributed by atoms with Crippen LogP contribution in [-0.4, -0.2) is 0 Å². The molecule has 0 bridgehead atoms. The number of benzene rings is 6. The summed E-state index contributed by atoms with van der Waals surface area (Å²) < 4.78 is 0. The molecular formula is C62H55N. The minimum absolute atomic E-state index is 0.511. The lowest BCUT2D eigenvalue weighted by Crippen LogP contribution is -2.30. The molecule has 308 valence electrons. The molecule has 1 nitrogen and oxygen atoms in total. The Balaban J connectivity index is 1.32. The summed E-state index contributed by atoms with van der Waals surface area (Å²) in [7, 11) is 0. The predicted molar refractivity (Wildman–Crippen MR) is 270 cm³/mol. The van der Waals surface area contributed by atoms with E-state index >= 15 is 0 Å². The van der Waals surface area contributed by atoms with Crippen LogP contribution in [0.1, 0.15) is 87.9 Å². The minimum Gasteiger partial charge on any atom is -0.405 e. The van der Waals surface area contributed by atoms with E-state index in [4.69, 9.17) is 12.3 Å². The van der Waals surface area contributed by atoms with Gasteiger partial charge in [0.25, 0.3) is 0 Å². The van der Waals surface area contributed by atoms with E-state index in [-0.39, 0.29) is 0 Å². The van der Waals surface area contributed by atoms with Crippen molar-refractivity contribution in [3.05, 3.63) is 285 Å². The quantitative estimate of drug-likeness (QED) is 0.0967. The van der Waals surface area contributed by atoms with Gasteiger partial charge in [-0.15, -0.1) is 0 Å². The number of hydrogen-bond donors (Lipinski definition) is 1. The summed E-state index contributed by atoms with van der Waals surface area (Å²) in [4.78, 5) is 0. The first-order valence-corrected chi connectivity index (χ1v) is 22.4. The summed E-state index contributed by atoms with van der Waals surface area (Å²) in [5.74, 6) is 0. The topological polar surface area (TPSA) is 26.0 Å². The molecule has 1 heteroatoms. The van der Waals surface area contributed by atoms with Gasteiger partial charge in [0.2, 0.25) is 0 Å². The monoisotopic (exact) mass is 813 g/mol. The van der Waals surface area contributed by atoms with Crippen molar-refractivity contribution in [2.75, 3.05) is 0 Å². The summed E-state index contributed by atoms with van der Waals surface area (Å²) in [5.41, 5.74) is 25.9. The lowest BCUT2D eigenvalue weighted by atomic mass is 9.64. The third-order valence-electron chi connectivity index (χ3n) is 13.4. The third kappa shape index (κ3) is 6.80. The van der Waals surface area contributed by atoms with E-state index in [1.54, 1.807) is 6.20 Å². The number of aryl methyl sites for hydroxylation is 2. The van der Waals surface area contributed by atoms with Crippen LogP contribution in [0.4, 0.5) is 0 Å². The third-order valence-corrected chi connectivity index (χ3v) is 13.4. The molecular weight excluding hydrogens is 759 g/mol. The maximum atomic E-state index is 5.55. The molecule has 6 aromatic carbocycles. The molecule has 2 atom stereocenters. The van der Waals surface area contributed by atoms with Gasteiger partial charge in [-0.25, -0.2) is 0 Å². The molecule has 0 fully saturated rings. The molecule has 6 aromatic rings. The lowest BCUT2D eigenvalue weighted by Gasteiger charge is -2.37. The average Bonchev–Trinajstić information content (AvgIpc) is 3.91. The van der Waals surface area contributed by atoms with Crippen LogP contribution < -0.4 is 5.73 Å². The van der Waals surface area contributed by atoms with Crippen molar-refractivity contribution in [2.24, 2.45) is 5.73 Å². The van der Waals surface area contributed by atoms with Crippen molar-refractivity contribution in [2.45, 2.75) is 50.9 Å². The maximum absolute atomic E-state index is 5.55. The van der Waals surface area contributed by atoms with Gasteiger partial charge in [-0.3, -0.25) is 0 Å². The number of fused-ring (bicyclic) bond motifs is 7. The molecule has 9 rings (SSSR count). The molecule has 0 heterocycles. The predicted octanol–water partition coefficient (Wildman–Crippen LogP) is 15.2. The second-order valence-corrected chi connectivity index (χ2v) is 16.7. The molecule has 0 radical (unpaired) electrons. The summed E-state index contributed by atoms with van der Waals surface area (Å²) in [6.45, 7) is 11.7. The van der Waals surface area contributed by atoms with Crippen LogP contribution in [0.5, 0.6) is 0 Å². The highest BCUT2D eigenvalue weighted by molar-refractivity contribution is 6.02. The smallest absolute Gasteiger partial charge is 0.0719 e. The first-order valence-electron chi connectivity index (χ1n) is 22.4. The zero-order valence-corrected chi connectivity index (χ0v) is 36.7. The van der Waals surface area contributed by atoms with E-state index < -0.39 is 10.8 Å². The molecule has 0 saturated carbocycles. The fourth-order valence-electron chi connectivity index (χ4n) is 10.7. The van der Waals surface area contributed by atoms with Crippen molar-refractivity contribution < 1.29 is 0 Å². The van der Waals surface area contributed by atoms with E-state index in [1.807, 2.05) is 18.2 Å². The second kappa shape index (κ2) is 17.6. The molecule has 3 aliphatic rings. The highest BCUT2D eigenvalue weighted by Crippen LogP contribution is 2.63. The van der Waals surface area contributed by atoms with E-state index in [2.05, 4.69) is 215 Å². The number of unbranched alkanes of at least 4 members (excludes halogenated alkanes) is 1. The molecule has 2 N–H and O–H groups in total. The number of hydrogen-bond acceptors (Lipinski definition) is 1. The molecule has 1 spiro atoms. The Morgan fingerprint density at radius 3 is 2.11 bits per heavy atom. The molecule has 3 aliphatic carbocycles. The largest absolute Gasteiger partial charge is 0.405 e. The number of rotatable bonds is 12. The molecule has 2 unspecified atom stereocenters. The minimum atomic E-state index is -0.616. The summed E-state index contributed by atoms with van der Waals surface area (Å²) >= 11 is 0. The number of allylic oxidation sites excluding steroid dienone is 14. The maximum Gasteiger partial charge on any atom is 0.0719 e. The first kappa shape index (κ1) is 41.1. The second-order valence-electron chi connectivity index (χ2n) is 16.7. The van der Waals surface area contributed by atoms with Crippen LogP contribution in [0, 0.1) is 6.92 Å².